The molecule has 0 saturated heterocycles. The summed E-state index contributed by atoms with van der Waals surface area (Å²) < 4.78 is 11.2. The molecule has 1 aromatic heterocycles. The SMILES string of the molecule is CN(C)C(=O)c1cccc(Oc2cc(C(=O)O)cc(Oc3cc(C(=N)N)ccc3O)n2)c1. The Hall–Kier alpha value is -4.60. The number of rotatable bonds is 7. The minimum absolute atomic E-state index is 0.0720. The molecule has 0 aliphatic carbocycles. The standard InChI is InChI=1S/C22H20N4O6/c1-26(2)21(28)13-4-3-5-15(8-13)31-18-10-14(22(29)30)11-19(25-18)32-17-9-12(20(23)24)6-7-16(17)27/h3-11,27H,1-2H3,(H3,23,24)(H,29,30). The topological polar surface area (TPSA) is 159 Å². The lowest BCUT2D eigenvalue weighted by Gasteiger charge is -2.13. The summed E-state index contributed by atoms with van der Waals surface area (Å²) in [6.07, 6.45) is 0. The number of amidine groups is 1. The molecule has 0 atom stereocenters. The van der Waals surface area contributed by atoms with E-state index >= 15 is 0 Å². The van der Waals surface area contributed by atoms with Crippen molar-refractivity contribution in [2.24, 2.45) is 5.73 Å². The molecule has 0 saturated carbocycles. The number of nitrogen functional groups attached to an aromatic ring is 1. The van der Waals surface area contributed by atoms with Gasteiger partial charge in [-0.3, -0.25) is 10.2 Å². The smallest absolute Gasteiger partial charge is 0.336 e. The second-order valence-corrected chi connectivity index (χ2v) is 6.87. The number of pyridine rings is 1. The van der Waals surface area contributed by atoms with Crippen LogP contribution in [0.1, 0.15) is 26.3 Å². The fraction of sp³-hybridized carbons (Fsp3) is 0.0909. The van der Waals surface area contributed by atoms with Gasteiger partial charge in [-0.1, -0.05) is 6.07 Å². The van der Waals surface area contributed by atoms with E-state index in [1.165, 1.54) is 35.2 Å². The zero-order valence-corrected chi connectivity index (χ0v) is 17.2. The third-order valence-electron chi connectivity index (χ3n) is 4.22. The fourth-order valence-electron chi connectivity index (χ4n) is 2.66. The number of aromatic carboxylic acids is 1. The maximum Gasteiger partial charge on any atom is 0.336 e. The fourth-order valence-corrected chi connectivity index (χ4v) is 2.66. The van der Waals surface area contributed by atoms with Gasteiger partial charge in [-0.15, -0.1) is 0 Å². The summed E-state index contributed by atoms with van der Waals surface area (Å²) in [5.74, 6) is -2.05. The number of nitrogens with one attached hydrogen (secondary N) is 1. The zero-order valence-electron chi connectivity index (χ0n) is 17.2. The number of carbonyl (C=O) groups excluding carboxylic acids is 1. The van der Waals surface area contributed by atoms with E-state index in [9.17, 15) is 19.8 Å². The van der Waals surface area contributed by atoms with Crippen LogP contribution in [0, 0.1) is 5.41 Å². The van der Waals surface area contributed by atoms with Crippen LogP contribution in [0.2, 0.25) is 0 Å². The van der Waals surface area contributed by atoms with E-state index in [0.717, 1.165) is 6.07 Å². The average Bonchev–Trinajstić information content (AvgIpc) is 2.74. The van der Waals surface area contributed by atoms with Gasteiger partial charge in [0, 0.05) is 37.4 Å². The molecular formula is C22H20N4O6. The summed E-state index contributed by atoms with van der Waals surface area (Å²) in [4.78, 5) is 29.3. The highest BCUT2D eigenvalue weighted by Gasteiger charge is 2.15. The molecular weight excluding hydrogens is 416 g/mol. The molecule has 5 N–H and O–H groups in total. The molecule has 10 heteroatoms. The van der Waals surface area contributed by atoms with Crippen LogP contribution in [0.4, 0.5) is 0 Å². The number of aromatic nitrogens is 1. The van der Waals surface area contributed by atoms with Crippen LogP contribution in [0.5, 0.6) is 29.0 Å². The van der Waals surface area contributed by atoms with Gasteiger partial charge in [-0.2, -0.15) is 4.98 Å². The predicted molar refractivity (Wildman–Crippen MR) is 115 cm³/mol. The lowest BCUT2D eigenvalue weighted by Crippen LogP contribution is -2.21. The quantitative estimate of drug-likeness (QED) is 0.325. The first kappa shape index (κ1) is 22.1. The number of amides is 1. The van der Waals surface area contributed by atoms with Crippen molar-refractivity contribution in [1.82, 2.24) is 9.88 Å². The molecule has 1 heterocycles. The Bertz CT molecular complexity index is 1210. The number of phenolic OH excluding ortho intramolecular Hbond substituents is 1. The molecule has 3 aromatic rings. The number of nitrogens with zero attached hydrogens (tertiary/aromatic N) is 2. The number of nitrogens with two attached hydrogens (primary N) is 1. The van der Waals surface area contributed by atoms with Gasteiger partial charge in [0.1, 0.15) is 11.6 Å². The van der Waals surface area contributed by atoms with Crippen molar-refractivity contribution in [3.05, 3.63) is 71.3 Å². The van der Waals surface area contributed by atoms with Crippen molar-refractivity contribution in [3.8, 4) is 29.0 Å². The number of carboxylic acids is 1. The van der Waals surface area contributed by atoms with Gasteiger partial charge in [0.2, 0.25) is 11.8 Å². The van der Waals surface area contributed by atoms with Crippen LogP contribution < -0.4 is 15.2 Å². The highest BCUT2D eigenvalue weighted by Crippen LogP contribution is 2.33. The van der Waals surface area contributed by atoms with E-state index in [0.29, 0.717) is 11.1 Å². The largest absolute Gasteiger partial charge is 0.504 e. The van der Waals surface area contributed by atoms with E-state index in [4.69, 9.17) is 20.6 Å². The van der Waals surface area contributed by atoms with Gasteiger partial charge in [-0.05, 0) is 36.4 Å². The van der Waals surface area contributed by atoms with E-state index < -0.39 is 5.97 Å². The molecule has 3 rings (SSSR count). The summed E-state index contributed by atoms with van der Waals surface area (Å²) in [5.41, 5.74) is 5.96. The number of carboxylic acid groups (broad SMARTS) is 1. The molecule has 10 nitrogen and oxygen atoms in total. The van der Waals surface area contributed by atoms with E-state index in [-0.39, 0.29) is 46.3 Å². The first-order valence-corrected chi connectivity index (χ1v) is 9.24. The summed E-state index contributed by atoms with van der Waals surface area (Å²) in [6.45, 7) is 0. The third kappa shape index (κ3) is 5.11. The van der Waals surface area contributed by atoms with Crippen molar-refractivity contribution < 1.29 is 29.3 Å². The molecule has 1 amide bonds. The Labute approximate surface area is 183 Å². The Morgan fingerprint density at radius 3 is 2.28 bits per heavy atom. The Morgan fingerprint density at radius 1 is 0.969 bits per heavy atom. The summed E-state index contributed by atoms with van der Waals surface area (Å²) in [5, 5.41) is 27.0. The molecule has 0 aliphatic rings. The van der Waals surface area contributed by atoms with Gasteiger partial charge < -0.3 is 30.3 Å². The second-order valence-electron chi connectivity index (χ2n) is 6.87. The monoisotopic (exact) mass is 436 g/mol. The van der Waals surface area contributed by atoms with Gasteiger partial charge in [0.15, 0.2) is 11.5 Å². The zero-order chi connectivity index (χ0) is 23.4. The van der Waals surface area contributed by atoms with Crippen LogP contribution in [0.15, 0.2) is 54.6 Å². The van der Waals surface area contributed by atoms with Crippen molar-refractivity contribution in [2.75, 3.05) is 14.1 Å². The molecule has 164 valence electrons. The van der Waals surface area contributed by atoms with Crippen LogP contribution in [0.3, 0.4) is 0 Å². The highest BCUT2D eigenvalue weighted by atomic mass is 16.5. The highest BCUT2D eigenvalue weighted by molar-refractivity contribution is 5.95. The molecule has 0 unspecified atom stereocenters. The Kier molecular flexibility index (Phi) is 6.24. The Balaban J connectivity index is 1.95. The molecule has 32 heavy (non-hydrogen) atoms. The molecule has 0 bridgehead atoms. The third-order valence-corrected chi connectivity index (χ3v) is 4.22. The number of hydrogen-bond donors (Lipinski definition) is 4. The van der Waals surface area contributed by atoms with Crippen LogP contribution in [-0.2, 0) is 0 Å². The van der Waals surface area contributed by atoms with Gasteiger partial charge in [-0.25, -0.2) is 4.79 Å². The van der Waals surface area contributed by atoms with Gasteiger partial charge in [0.25, 0.3) is 5.91 Å². The van der Waals surface area contributed by atoms with Crippen LogP contribution in [-0.4, -0.2) is 51.9 Å². The van der Waals surface area contributed by atoms with Crippen molar-refractivity contribution in [3.63, 3.8) is 0 Å². The number of ether oxygens (including phenoxy) is 2. The predicted octanol–water partition coefficient (Wildman–Crippen LogP) is 3.06. The number of aromatic hydroxyl groups is 1. The number of carbonyl (C=O) groups is 2. The summed E-state index contributed by atoms with van der Waals surface area (Å²) >= 11 is 0. The van der Waals surface area contributed by atoms with Crippen molar-refractivity contribution >= 4 is 17.7 Å². The second kappa shape index (κ2) is 9.04. The van der Waals surface area contributed by atoms with Gasteiger partial charge in [0.05, 0.1) is 5.56 Å². The molecule has 0 aliphatic heterocycles. The van der Waals surface area contributed by atoms with Crippen molar-refractivity contribution in [2.45, 2.75) is 0 Å². The van der Waals surface area contributed by atoms with Crippen LogP contribution >= 0.6 is 0 Å². The number of phenols is 1. The first-order chi connectivity index (χ1) is 15.1. The lowest BCUT2D eigenvalue weighted by atomic mass is 10.2. The van der Waals surface area contributed by atoms with Crippen molar-refractivity contribution in [1.29, 1.82) is 5.41 Å². The normalized spacial score (nSPS) is 10.3. The minimum Gasteiger partial charge on any atom is -0.504 e. The molecule has 2 aromatic carbocycles. The first-order valence-electron chi connectivity index (χ1n) is 9.24. The molecule has 0 radical (unpaired) electrons. The maximum atomic E-state index is 12.2. The number of benzene rings is 2. The molecule has 0 fully saturated rings. The minimum atomic E-state index is -1.25. The van der Waals surface area contributed by atoms with Crippen LogP contribution in [0.25, 0.3) is 0 Å². The Morgan fingerprint density at radius 2 is 1.66 bits per heavy atom. The average molecular weight is 436 g/mol. The summed E-state index contributed by atoms with van der Waals surface area (Å²) in [6, 6.07) is 12.7. The number of hydrogen-bond acceptors (Lipinski definition) is 7. The van der Waals surface area contributed by atoms with Gasteiger partial charge >= 0.3 is 5.97 Å². The maximum absolute atomic E-state index is 12.2. The summed E-state index contributed by atoms with van der Waals surface area (Å²) in [7, 11) is 3.24. The van der Waals surface area contributed by atoms with E-state index in [1.807, 2.05) is 0 Å². The van der Waals surface area contributed by atoms with E-state index in [2.05, 4.69) is 4.98 Å². The lowest BCUT2D eigenvalue weighted by molar-refractivity contribution is 0.0695. The van der Waals surface area contributed by atoms with E-state index in [1.54, 1.807) is 32.3 Å². The molecule has 0 spiro atoms.